The van der Waals surface area contributed by atoms with Gasteiger partial charge in [-0.25, -0.2) is 0 Å². The second-order valence-corrected chi connectivity index (χ2v) is 5.41. The third-order valence-electron chi connectivity index (χ3n) is 3.99. The molecule has 1 atom stereocenters. The van der Waals surface area contributed by atoms with E-state index in [9.17, 15) is 4.79 Å². The van der Waals surface area contributed by atoms with Gasteiger partial charge >= 0.3 is 0 Å². The first-order valence-corrected chi connectivity index (χ1v) is 7.72. The van der Waals surface area contributed by atoms with Crippen molar-refractivity contribution in [1.29, 1.82) is 0 Å². The molecule has 1 aliphatic carbocycles. The number of ether oxygens (including phenoxy) is 2. The minimum Gasteiger partial charge on any atom is -0.350 e. The summed E-state index contributed by atoms with van der Waals surface area (Å²) in [6.45, 7) is 5.25. The number of amides is 1. The van der Waals surface area contributed by atoms with Gasteiger partial charge in [-0.05, 0) is 32.4 Å². The van der Waals surface area contributed by atoms with Crippen LogP contribution < -0.4 is 4.90 Å². The highest BCUT2D eigenvalue weighted by Gasteiger charge is 2.56. The van der Waals surface area contributed by atoms with Crippen molar-refractivity contribution in [2.24, 2.45) is 5.92 Å². The Morgan fingerprint density at radius 2 is 1.86 bits per heavy atom. The molecule has 0 N–H and O–H groups in total. The van der Waals surface area contributed by atoms with Crippen molar-refractivity contribution in [3.05, 3.63) is 30.3 Å². The zero-order chi connectivity index (χ0) is 15.3. The van der Waals surface area contributed by atoms with Gasteiger partial charge in [-0.3, -0.25) is 4.79 Å². The molecular formula is C17H25NO3. The molecule has 1 unspecified atom stereocenters. The SMILES string of the molecule is CCOC1(OCC)CC1CCC(=O)N(C)c1ccccc1. The lowest BCUT2D eigenvalue weighted by Crippen LogP contribution is -2.27. The Morgan fingerprint density at radius 1 is 1.24 bits per heavy atom. The maximum atomic E-state index is 12.2. The fourth-order valence-electron chi connectivity index (χ4n) is 2.75. The van der Waals surface area contributed by atoms with E-state index < -0.39 is 5.79 Å². The highest BCUT2D eigenvalue weighted by atomic mass is 16.7. The summed E-state index contributed by atoms with van der Waals surface area (Å²) in [5.41, 5.74) is 0.930. The normalized spacial score (nSPS) is 19.3. The Kier molecular flexibility index (Phi) is 5.37. The van der Waals surface area contributed by atoms with Crippen LogP contribution in [0.1, 0.15) is 33.1 Å². The molecule has 4 heteroatoms. The first-order chi connectivity index (χ1) is 10.1. The van der Waals surface area contributed by atoms with Gasteiger partial charge in [-0.1, -0.05) is 18.2 Å². The minimum atomic E-state index is -0.422. The van der Waals surface area contributed by atoms with Crippen LogP contribution in [0.3, 0.4) is 0 Å². The quantitative estimate of drug-likeness (QED) is 0.690. The number of carbonyl (C=O) groups excluding carboxylic acids is 1. The van der Waals surface area contributed by atoms with Crippen molar-refractivity contribution >= 4 is 11.6 Å². The van der Waals surface area contributed by atoms with Crippen LogP contribution >= 0.6 is 0 Å². The molecule has 4 nitrogen and oxygen atoms in total. The molecule has 0 radical (unpaired) electrons. The van der Waals surface area contributed by atoms with E-state index >= 15 is 0 Å². The van der Waals surface area contributed by atoms with Gasteiger partial charge in [-0.2, -0.15) is 0 Å². The van der Waals surface area contributed by atoms with E-state index in [0.717, 1.165) is 18.5 Å². The highest BCUT2D eigenvalue weighted by molar-refractivity contribution is 5.92. The molecule has 116 valence electrons. The predicted octanol–water partition coefficient (Wildman–Crippen LogP) is 3.22. The number of para-hydroxylation sites is 1. The number of carbonyl (C=O) groups is 1. The van der Waals surface area contributed by atoms with E-state index in [1.807, 2.05) is 51.2 Å². The lowest BCUT2D eigenvalue weighted by atomic mass is 10.2. The molecule has 1 aromatic rings. The smallest absolute Gasteiger partial charge is 0.226 e. The van der Waals surface area contributed by atoms with Gasteiger partial charge in [-0.15, -0.1) is 0 Å². The number of hydrogen-bond acceptors (Lipinski definition) is 3. The van der Waals surface area contributed by atoms with Crippen LogP contribution in [-0.4, -0.2) is 32.0 Å². The minimum absolute atomic E-state index is 0.134. The van der Waals surface area contributed by atoms with E-state index in [1.165, 1.54) is 0 Å². The Labute approximate surface area is 127 Å². The molecule has 0 spiro atoms. The van der Waals surface area contributed by atoms with Crippen LogP contribution in [0.4, 0.5) is 5.69 Å². The molecule has 0 saturated heterocycles. The summed E-state index contributed by atoms with van der Waals surface area (Å²) in [5, 5.41) is 0. The molecule has 21 heavy (non-hydrogen) atoms. The monoisotopic (exact) mass is 291 g/mol. The van der Waals surface area contributed by atoms with E-state index in [-0.39, 0.29) is 5.91 Å². The van der Waals surface area contributed by atoms with Crippen molar-refractivity contribution in [2.45, 2.75) is 38.9 Å². The van der Waals surface area contributed by atoms with Gasteiger partial charge in [0.05, 0.1) is 0 Å². The third kappa shape index (κ3) is 3.83. The second-order valence-electron chi connectivity index (χ2n) is 5.41. The lowest BCUT2D eigenvalue weighted by Gasteiger charge is -2.19. The molecule has 2 rings (SSSR count). The molecule has 0 bridgehead atoms. The van der Waals surface area contributed by atoms with Gasteiger partial charge in [0.15, 0.2) is 5.79 Å². The van der Waals surface area contributed by atoms with E-state index in [2.05, 4.69) is 0 Å². The summed E-state index contributed by atoms with van der Waals surface area (Å²) in [7, 11) is 1.82. The standard InChI is InChI=1S/C17H25NO3/c1-4-20-17(21-5-2)13-14(17)11-12-16(19)18(3)15-9-7-6-8-10-15/h6-10,14H,4-5,11-13H2,1-3H3. The maximum absolute atomic E-state index is 12.2. The molecule has 1 saturated carbocycles. The molecule has 1 aromatic carbocycles. The van der Waals surface area contributed by atoms with Gasteiger partial charge in [0.2, 0.25) is 5.91 Å². The zero-order valence-corrected chi connectivity index (χ0v) is 13.2. The Balaban J connectivity index is 1.82. The lowest BCUT2D eigenvalue weighted by molar-refractivity contribution is -0.171. The summed E-state index contributed by atoms with van der Waals surface area (Å²) >= 11 is 0. The largest absolute Gasteiger partial charge is 0.350 e. The summed E-state index contributed by atoms with van der Waals surface area (Å²) < 4.78 is 11.4. The summed E-state index contributed by atoms with van der Waals surface area (Å²) in [6.07, 6.45) is 2.24. The maximum Gasteiger partial charge on any atom is 0.226 e. The van der Waals surface area contributed by atoms with E-state index in [4.69, 9.17) is 9.47 Å². The van der Waals surface area contributed by atoms with Crippen LogP contribution in [0, 0.1) is 5.92 Å². The molecule has 0 aromatic heterocycles. The zero-order valence-electron chi connectivity index (χ0n) is 13.2. The van der Waals surface area contributed by atoms with E-state index in [1.54, 1.807) is 4.90 Å². The van der Waals surface area contributed by atoms with Crippen molar-refractivity contribution in [3.8, 4) is 0 Å². The fraction of sp³-hybridized carbons (Fsp3) is 0.588. The topological polar surface area (TPSA) is 38.8 Å². The van der Waals surface area contributed by atoms with Crippen molar-refractivity contribution in [3.63, 3.8) is 0 Å². The Bertz CT molecular complexity index is 454. The van der Waals surface area contributed by atoms with Crippen LogP contribution in [-0.2, 0) is 14.3 Å². The molecular weight excluding hydrogens is 266 g/mol. The number of rotatable bonds is 8. The van der Waals surface area contributed by atoms with E-state index in [0.29, 0.717) is 25.6 Å². The van der Waals surface area contributed by atoms with Gasteiger partial charge in [0.1, 0.15) is 0 Å². The molecule has 1 fully saturated rings. The predicted molar refractivity (Wildman–Crippen MR) is 83.2 cm³/mol. The van der Waals surface area contributed by atoms with Gasteiger partial charge < -0.3 is 14.4 Å². The molecule has 0 aliphatic heterocycles. The average molecular weight is 291 g/mol. The number of hydrogen-bond donors (Lipinski definition) is 0. The van der Waals surface area contributed by atoms with Gasteiger partial charge in [0, 0.05) is 44.7 Å². The Hall–Kier alpha value is -1.39. The van der Waals surface area contributed by atoms with Gasteiger partial charge in [0.25, 0.3) is 0 Å². The first-order valence-electron chi connectivity index (χ1n) is 7.72. The number of anilines is 1. The highest BCUT2D eigenvalue weighted by Crippen LogP contribution is 2.50. The van der Waals surface area contributed by atoms with Crippen LogP contribution in [0.2, 0.25) is 0 Å². The van der Waals surface area contributed by atoms with Crippen LogP contribution in [0.5, 0.6) is 0 Å². The van der Waals surface area contributed by atoms with Crippen molar-refractivity contribution < 1.29 is 14.3 Å². The molecule has 0 heterocycles. The average Bonchev–Trinajstić information content (AvgIpc) is 3.18. The first kappa shape index (κ1) is 16.0. The second kappa shape index (κ2) is 7.05. The summed E-state index contributed by atoms with van der Waals surface area (Å²) in [6, 6.07) is 9.72. The third-order valence-corrected chi connectivity index (χ3v) is 3.99. The van der Waals surface area contributed by atoms with Crippen molar-refractivity contribution in [2.75, 3.05) is 25.2 Å². The summed E-state index contributed by atoms with van der Waals surface area (Å²) in [5.74, 6) is 0.0512. The summed E-state index contributed by atoms with van der Waals surface area (Å²) in [4.78, 5) is 14.0. The molecule has 1 amide bonds. The number of benzene rings is 1. The Morgan fingerprint density at radius 3 is 2.43 bits per heavy atom. The molecule has 1 aliphatic rings. The van der Waals surface area contributed by atoms with Crippen molar-refractivity contribution in [1.82, 2.24) is 0 Å². The van der Waals surface area contributed by atoms with Crippen LogP contribution in [0.15, 0.2) is 30.3 Å². The number of nitrogens with zero attached hydrogens (tertiary/aromatic N) is 1. The van der Waals surface area contributed by atoms with Crippen LogP contribution in [0.25, 0.3) is 0 Å². The fourth-order valence-corrected chi connectivity index (χ4v) is 2.75.